The summed E-state index contributed by atoms with van der Waals surface area (Å²) in [5.41, 5.74) is 1.18. The van der Waals surface area contributed by atoms with Gasteiger partial charge in [0.05, 0.1) is 17.4 Å². The van der Waals surface area contributed by atoms with Crippen molar-refractivity contribution in [2.45, 2.75) is 50.5 Å². The van der Waals surface area contributed by atoms with Crippen molar-refractivity contribution in [3.63, 3.8) is 0 Å². The van der Waals surface area contributed by atoms with Crippen LogP contribution in [0.5, 0.6) is 0 Å². The molecular formula is C17H26N2OS. The van der Waals surface area contributed by atoms with E-state index in [0.717, 1.165) is 10.8 Å². The van der Waals surface area contributed by atoms with E-state index in [-0.39, 0.29) is 6.04 Å². The van der Waals surface area contributed by atoms with Gasteiger partial charge in [0.1, 0.15) is 0 Å². The van der Waals surface area contributed by atoms with Crippen LogP contribution in [-0.2, 0) is 11.4 Å². The standard InChI is InChI=1S/C17H26N2OS/c1-13-4-8-15(9-5-13)17(12-18-3)19-21(20)16-10-6-14(2)7-11-16/h6-7,10-13,15,17,19H,4-5,8-9H2,1-3H3/b18-12-. The SMILES string of the molecule is C/N=C\C(N[S+]([O-])c1ccc(C)cc1)C1CCC(C)CC1. The summed E-state index contributed by atoms with van der Waals surface area (Å²) in [6.07, 6.45) is 6.83. The zero-order chi connectivity index (χ0) is 15.2. The molecule has 0 heterocycles. The van der Waals surface area contributed by atoms with Crippen molar-refractivity contribution < 1.29 is 4.55 Å². The molecule has 1 saturated carbocycles. The minimum absolute atomic E-state index is 0.102. The van der Waals surface area contributed by atoms with Gasteiger partial charge in [-0.05, 0) is 43.7 Å². The average molecular weight is 306 g/mol. The third kappa shape index (κ3) is 4.83. The lowest BCUT2D eigenvalue weighted by molar-refractivity contribution is 0.274. The van der Waals surface area contributed by atoms with Gasteiger partial charge in [0.25, 0.3) is 0 Å². The van der Waals surface area contributed by atoms with Gasteiger partial charge in [0.2, 0.25) is 0 Å². The average Bonchev–Trinajstić information content (AvgIpc) is 2.48. The second kappa shape index (κ2) is 7.97. The Morgan fingerprint density at radius 1 is 1.24 bits per heavy atom. The molecule has 0 bridgehead atoms. The lowest BCUT2D eigenvalue weighted by Crippen LogP contribution is -2.42. The molecule has 2 atom stereocenters. The van der Waals surface area contributed by atoms with Crippen molar-refractivity contribution in [2.24, 2.45) is 16.8 Å². The van der Waals surface area contributed by atoms with E-state index in [2.05, 4.69) is 16.6 Å². The van der Waals surface area contributed by atoms with Gasteiger partial charge in [0, 0.05) is 13.3 Å². The van der Waals surface area contributed by atoms with Gasteiger partial charge in [-0.2, -0.15) is 0 Å². The molecule has 2 unspecified atom stereocenters. The quantitative estimate of drug-likeness (QED) is 0.668. The van der Waals surface area contributed by atoms with Crippen LogP contribution in [0.15, 0.2) is 34.2 Å². The third-order valence-electron chi connectivity index (χ3n) is 4.36. The highest BCUT2D eigenvalue weighted by Crippen LogP contribution is 2.30. The summed E-state index contributed by atoms with van der Waals surface area (Å²) in [5.74, 6) is 1.36. The Balaban J connectivity index is 2.00. The summed E-state index contributed by atoms with van der Waals surface area (Å²) in [7, 11) is 1.79. The highest BCUT2D eigenvalue weighted by Gasteiger charge is 2.28. The highest BCUT2D eigenvalue weighted by atomic mass is 32.2. The summed E-state index contributed by atoms with van der Waals surface area (Å²) >= 11 is -1.17. The fraction of sp³-hybridized carbons (Fsp3) is 0.588. The summed E-state index contributed by atoms with van der Waals surface area (Å²) in [4.78, 5) is 5.00. The first-order valence-corrected chi connectivity index (χ1v) is 8.92. The molecule has 1 aromatic rings. The first-order chi connectivity index (χ1) is 10.1. The summed E-state index contributed by atoms with van der Waals surface area (Å²) in [6.45, 7) is 4.35. The van der Waals surface area contributed by atoms with Crippen molar-refractivity contribution in [2.75, 3.05) is 7.05 Å². The van der Waals surface area contributed by atoms with Gasteiger partial charge in [-0.1, -0.05) is 37.5 Å². The van der Waals surface area contributed by atoms with Crippen LogP contribution < -0.4 is 4.72 Å². The number of hydrogen-bond donors (Lipinski definition) is 1. The molecule has 0 saturated heterocycles. The van der Waals surface area contributed by atoms with Gasteiger partial charge in [0.15, 0.2) is 4.90 Å². The zero-order valence-electron chi connectivity index (χ0n) is 13.2. The molecule has 116 valence electrons. The van der Waals surface area contributed by atoms with Gasteiger partial charge >= 0.3 is 0 Å². The second-order valence-electron chi connectivity index (χ2n) is 6.15. The van der Waals surface area contributed by atoms with E-state index in [1.165, 1.54) is 31.2 Å². The smallest absolute Gasteiger partial charge is 0.173 e. The topological polar surface area (TPSA) is 47.5 Å². The normalized spacial score (nSPS) is 25.9. The molecule has 1 aromatic carbocycles. The van der Waals surface area contributed by atoms with Crippen LogP contribution in [0.2, 0.25) is 0 Å². The van der Waals surface area contributed by atoms with E-state index in [0.29, 0.717) is 5.92 Å². The van der Waals surface area contributed by atoms with Gasteiger partial charge in [-0.15, -0.1) is 4.72 Å². The minimum Gasteiger partial charge on any atom is -0.593 e. The number of aryl methyl sites for hydroxylation is 1. The Bertz CT molecular complexity index is 452. The fourth-order valence-corrected chi connectivity index (χ4v) is 3.93. The molecule has 1 aliphatic rings. The van der Waals surface area contributed by atoms with Gasteiger partial charge in [-0.3, -0.25) is 4.99 Å². The maximum absolute atomic E-state index is 12.5. The number of nitrogens with zero attached hydrogens (tertiary/aromatic N) is 1. The summed E-state index contributed by atoms with van der Waals surface area (Å²) in [5, 5.41) is 0. The molecule has 4 heteroatoms. The van der Waals surface area contributed by atoms with Crippen molar-refractivity contribution in [1.82, 2.24) is 4.72 Å². The molecule has 3 nitrogen and oxygen atoms in total. The molecular weight excluding hydrogens is 280 g/mol. The number of rotatable bonds is 5. The maximum atomic E-state index is 12.5. The number of hydrogen-bond acceptors (Lipinski definition) is 3. The fourth-order valence-electron chi connectivity index (χ4n) is 2.91. The van der Waals surface area contributed by atoms with E-state index >= 15 is 0 Å². The van der Waals surface area contributed by atoms with E-state index < -0.39 is 11.4 Å². The Labute approximate surface area is 131 Å². The molecule has 1 N–H and O–H groups in total. The molecule has 21 heavy (non-hydrogen) atoms. The first kappa shape index (κ1) is 16.5. The van der Waals surface area contributed by atoms with Crippen molar-refractivity contribution in [3.05, 3.63) is 29.8 Å². The number of nitrogens with one attached hydrogen (secondary N) is 1. The molecule has 1 aliphatic carbocycles. The van der Waals surface area contributed by atoms with E-state index in [4.69, 9.17) is 0 Å². The second-order valence-corrected chi connectivity index (χ2v) is 7.40. The van der Waals surface area contributed by atoms with Crippen LogP contribution in [0.25, 0.3) is 0 Å². The molecule has 0 aromatic heterocycles. The van der Waals surface area contributed by atoms with Gasteiger partial charge < -0.3 is 4.55 Å². The van der Waals surface area contributed by atoms with Crippen LogP contribution in [0.3, 0.4) is 0 Å². The molecule has 0 spiro atoms. The molecule has 0 amide bonds. The predicted octanol–water partition coefficient (Wildman–Crippen LogP) is 3.50. The van der Waals surface area contributed by atoms with E-state index in [9.17, 15) is 4.55 Å². The van der Waals surface area contributed by atoms with Crippen molar-refractivity contribution in [1.29, 1.82) is 0 Å². The lowest BCUT2D eigenvalue weighted by Gasteiger charge is -2.31. The predicted molar refractivity (Wildman–Crippen MR) is 90.0 cm³/mol. The lowest BCUT2D eigenvalue weighted by atomic mass is 9.80. The Morgan fingerprint density at radius 3 is 2.43 bits per heavy atom. The maximum Gasteiger partial charge on any atom is 0.173 e. The van der Waals surface area contributed by atoms with Crippen molar-refractivity contribution >= 4 is 17.6 Å². The largest absolute Gasteiger partial charge is 0.593 e. The minimum atomic E-state index is -1.17. The van der Waals surface area contributed by atoms with Crippen LogP contribution in [0.4, 0.5) is 0 Å². The van der Waals surface area contributed by atoms with Crippen LogP contribution in [-0.4, -0.2) is 23.9 Å². The first-order valence-electron chi connectivity index (χ1n) is 7.77. The Kier molecular flexibility index (Phi) is 6.27. The Morgan fingerprint density at radius 2 is 1.86 bits per heavy atom. The number of aliphatic imine (C=N–C) groups is 1. The molecule has 1 fully saturated rings. The zero-order valence-corrected chi connectivity index (χ0v) is 14.0. The monoisotopic (exact) mass is 306 g/mol. The van der Waals surface area contributed by atoms with E-state index in [1.807, 2.05) is 37.4 Å². The molecule has 0 radical (unpaired) electrons. The summed E-state index contributed by atoms with van der Waals surface area (Å²) < 4.78 is 15.7. The summed E-state index contributed by atoms with van der Waals surface area (Å²) in [6, 6.07) is 7.97. The third-order valence-corrected chi connectivity index (χ3v) is 5.54. The number of benzene rings is 1. The van der Waals surface area contributed by atoms with Gasteiger partial charge in [-0.25, -0.2) is 0 Å². The van der Waals surface area contributed by atoms with Crippen LogP contribution in [0.1, 0.15) is 38.2 Å². The van der Waals surface area contributed by atoms with E-state index in [1.54, 1.807) is 7.05 Å². The van der Waals surface area contributed by atoms with Crippen LogP contribution in [0, 0.1) is 18.8 Å². The molecule has 0 aliphatic heterocycles. The van der Waals surface area contributed by atoms with Crippen molar-refractivity contribution in [3.8, 4) is 0 Å². The molecule has 2 rings (SSSR count). The Hall–Kier alpha value is -0.840. The highest BCUT2D eigenvalue weighted by molar-refractivity contribution is 7.89. The van der Waals surface area contributed by atoms with Crippen LogP contribution >= 0.6 is 0 Å².